The molecule has 0 aromatic heterocycles. The van der Waals surface area contributed by atoms with Crippen molar-refractivity contribution in [2.24, 2.45) is 5.92 Å². The number of fused-ring (bicyclic) bond motifs is 1. The number of hydrogen-bond acceptors (Lipinski definition) is 3. The fourth-order valence-electron chi connectivity index (χ4n) is 3.46. The molecule has 0 aliphatic carbocycles. The molecule has 0 amide bonds. The molecule has 2 aliphatic rings. The molecule has 0 bridgehead atoms. The minimum Gasteiger partial charge on any atom is -0.315 e. The Morgan fingerprint density at radius 3 is 2.85 bits per heavy atom. The van der Waals surface area contributed by atoms with Crippen LogP contribution in [0.15, 0.2) is 23.1 Å². The van der Waals surface area contributed by atoms with Gasteiger partial charge in [-0.3, -0.25) is 0 Å². The van der Waals surface area contributed by atoms with Gasteiger partial charge in [0, 0.05) is 18.6 Å². The maximum absolute atomic E-state index is 14.0. The summed E-state index contributed by atoms with van der Waals surface area (Å²) in [4.78, 5) is -0.197. The predicted molar refractivity (Wildman–Crippen MR) is 74.4 cm³/mol. The average Bonchev–Trinajstić information content (AvgIpc) is 2.91. The van der Waals surface area contributed by atoms with Crippen LogP contribution in [0.5, 0.6) is 0 Å². The molecule has 2 saturated heterocycles. The molecule has 0 saturated carbocycles. The van der Waals surface area contributed by atoms with Crippen molar-refractivity contribution in [3.8, 4) is 0 Å². The fraction of sp³-hybridized carbons (Fsp3) is 0.571. The topological polar surface area (TPSA) is 49.4 Å². The largest absolute Gasteiger partial charge is 0.315 e. The molecule has 2 heterocycles. The Kier molecular flexibility index (Phi) is 3.35. The van der Waals surface area contributed by atoms with Crippen molar-refractivity contribution in [1.82, 2.24) is 9.62 Å². The highest BCUT2D eigenvalue weighted by Crippen LogP contribution is 2.37. The Balaban J connectivity index is 2.05. The van der Waals surface area contributed by atoms with E-state index in [-0.39, 0.29) is 17.0 Å². The van der Waals surface area contributed by atoms with Crippen LogP contribution in [0.3, 0.4) is 0 Å². The predicted octanol–water partition coefficient (Wildman–Crippen LogP) is 1.51. The van der Waals surface area contributed by atoms with Crippen LogP contribution in [0.25, 0.3) is 0 Å². The summed E-state index contributed by atoms with van der Waals surface area (Å²) in [7, 11) is -3.78. The summed E-state index contributed by atoms with van der Waals surface area (Å²) in [5, 5.41) is 3.22. The van der Waals surface area contributed by atoms with Gasteiger partial charge >= 0.3 is 0 Å². The van der Waals surface area contributed by atoms with Gasteiger partial charge < -0.3 is 5.32 Å². The lowest BCUT2D eigenvalue weighted by molar-refractivity contribution is 0.334. The van der Waals surface area contributed by atoms with Crippen LogP contribution in [0, 0.1) is 18.7 Å². The van der Waals surface area contributed by atoms with Gasteiger partial charge in [0.15, 0.2) is 0 Å². The molecule has 0 spiro atoms. The number of sulfonamides is 1. The van der Waals surface area contributed by atoms with E-state index >= 15 is 0 Å². The number of hydrogen-bond donors (Lipinski definition) is 1. The molecule has 1 aromatic carbocycles. The fourth-order valence-corrected chi connectivity index (χ4v) is 5.50. The maximum Gasteiger partial charge on any atom is 0.246 e. The zero-order valence-electron chi connectivity index (χ0n) is 11.6. The Morgan fingerprint density at radius 2 is 2.10 bits per heavy atom. The van der Waals surface area contributed by atoms with E-state index < -0.39 is 15.8 Å². The number of nitrogens with zero attached hydrogens (tertiary/aromatic N) is 1. The van der Waals surface area contributed by atoms with Gasteiger partial charge in [0.1, 0.15) is 10.7 Å². The highest BCUT2D eigenvalue weighted by molar-refractivity contribution is 7.89. The van der Waals surface area contributed by atoms with Crippen molar-refractivity contribution >= 4 is 10.0 Å². The van der Waals surface area contributed by atoms with Gasteiger partial charge in [-0.1, -0.05) is 6.07 Å². The minimum absolute atomic E-state index is 0.0464. The molecule has 2 aliphatic heterocycles. The summed E-state index contributed by atoms with van der Waals surface area (Å²) < 4.78 is 41.1. The van der Waals surface area contributed by atoms with Crippen molar-refractivity contribution in [1.29, 1.82) is 0 Å². The van der Waals surface area contributed by atoms with Crippen LogP contribution in [-0.2, 0) is 10.0 Å². The molecular weight excluding hydrogens is 279 g/mol. The lowest BCUT2D eigenvalue weighted by Crippen LogP contribution is -2.43. The van der Waals surface area contributed by atoms with Crippen molar-refractivity contribution in [2.45, 2.75) is 37.2 Å². The van der Waals surface area contributed by atoms with Gasteiger partial charge in [-0.25, -0.2) is 12.8 Å². The third-order valence-electron chi connectivity index (χ3n) is 4.35. The molecule has 20 heavy (non-hydrogen) atoms. The highest BCUT2D eigenvalue weighted by atomic mass is 32.2. The van der Waals surface area contributed by atoms with Gasteiger partial charge in [0.05, 0.1) is 0 Å². The van der Waals surface area contributed by atoms with Crippen LogP contribution in [-0.4, -0.2) is 37.9 Å². The molecule has 3 rings (SSSR count). The normalized spacial score (nSPS) is 30.6. The first-order valence-corrected chi connectivity index (χ1v) is 8.35. The summed E-state index contributed by atoms with van der Waals surface area (Å²) in [6, 6.07) is 4.12. The van der Waals surface area contributed by atoms with Crippen molar-refractivity contribution in [2.75, 3.05) is 13.1 Å². The first kappa shape index (κ1) is 14.0. The summed E-state index contributed by atoms with van der Waals surface area (Å²) in [6.07, 6.45) is 0.838. The van der Waals surface area contributed by atoms with Crippen molar-refractivity contribution < 1.29 is 12.8 Å². The third-order valence-corrected chi connectivity index (χ3v) is 6.41. The first-order valence-electron chi connectivity index (χ1n) is 6.91. The lowest BCUT2D eigenvalue weighted by Gasteiger charge is -2.27. The second-order valence-corrected chi connectivity index (χ2v) is 7.65. The lowest BCUT2D eigenvalue weighted by atomic mass is 10.0. The van der Waals surface area contributed by atoms with Crippen molar-refractivity contribution in [3.63, 3.8) is 0 Å². The maximum atomic E-state index is 14.0. The van der Waals surface area contributed by atoms with Crippen LogP contribution >= 0.6 is 0 Å². The Labute approximate surface area is 119 Å². The average molecular weight is 298 g/mol. The summed E-state index contributed by atoms with van der Waals surface area (Å²) in [6.45, 7) is 5.17. The molecular formula is C14H19FN2O2S. The quantitative estimate of drug-likeness (QED) is 0.900. The number of halogens is 1. The van der Waals surface area contributed by atoms with Gasteiger partial charge in [-0.05, 0) is 50.4 Å². The second kappa shape index (κ2) is 4.79. The Morgan fingerprint density at radius 1 is 1.35 bits per heavy atom. The molecule has 3 atom stereocenters. The smallest absolute Gasteiger partial charge is 0.246 e. The van der Waals surface area contributed by atoms with Crippen LogP contribution < -0.4 is 5.32 Å². The van der Waals surface area contributed by atoms with E-state index in [9.17, 15) is 12.8 Å². The molecule has 1 aromatic rings. The van der Waals surface area contributed by atoms with Gasteiger partial charge in [-0.2, -0.15) is 4.31 Å². The van der Waals surface area contributed by atoms with E-state index in [1.807, 2.05) is 6.92 Å². The van der Waals surface area contributed by atoms with Crippen molar-refractivity contribution in [3.05, 3.63) is 29.6 Å². The van der Waals surface area contributed by atoms with E-state index in [1.165, 1.54) is 16.4 Å². The molecule has 4 nitrogen and oxygen atoms in total. The minimum atomic E-state index is -3.78. The molecule has 3 unspecified atom stereocenters. The van der Waals surface area contributed by atoms with E-state index in [2.05, 4.69) is 5.32 Å². The Hall–Kier alpha value is -0.980. The first-order chi connectivity index (χ1) is 9.41. The molecule has 1 N–H and O–H groups in total. The van der Waals surface area contributed by atoms with Gasteiger partial charge in [0.25, 0.3) is 0 Å². The standard InChI is InChI=1S/C14H19FN2O2S/c1-9-3-4-12(15)14(5-9)20(18,19)17-10(2)6-11-7-16-8-13(11)17/h3-5,10-11,13,16H,6-8H2,1-2H3. The summed E-state index contributed by atoms with van der Waals surface area (Å²) in [5.41, 5.74) is 0.748. The van der Waals surface area contributed by atoms with Crippen LogP contribution in [0.2, 0.25) is 0 Å². The zero-order chi connectivity index (χ0) is 14.5. The molecule has 6 heteroatoms. The molecule has 110 valence electrons. The molecule has 2 fully saturated rings. The highest BCUT2D eigenvalue weighted by Gasteiger charge is 2.48. The number of nitrogens with one attached hydrogen (secondary N) is 1. The zero-order valence-corrected chi connectivity index (χ0v) is 12.5. The van der Waals surface area contributed by atoms with Gasteiger partial charge in [0.2, 0.25) is 10.0 Å². The van der Waals surface area contributed by atoms with Gasteiger partial charge in [-0.15, -0.1) is 0 Å². The number of aryl methyl sites for hydroxylation is 1. The van der Waals surface area contributed by atoms with E-state index in [0.717, 1.165) is 18.5 Å². The monoisotopic (exact) mass is 298 g/mol. The SMILES string of the molecule is Cc1ccc(F)c(S(=O)(=O)N2C(C)CC3CNCC32)c1. The second-order valence-electron chi connectivity index (χ2n) is 5.84. The van der Waals surface area contributed by atoms with Crippen LogP contribution in [0.1, 0.15) is 18.9 Å². The Bertz CT molecular complexity index is 632. The molecule has 0 radical (unpaired) electrons. The summed E-state index contributed by atoms with van der Waals surface area (Å²) in [5.74, 6) is -0.329. The van der Waals surface area contributed by atoms with E-state index in [4.69, 9.17) is 0 Å². The number of benzene rings is 1. The van der Waals surface area contributed by atoms with Crippen LogP contribution in [0.4, 0.5) is 4.39 Å². The summed E-state index contributed by atoms with van der Waals surface area (Å²) >= 11 is 0. The van der Waals surface area contributed by atoms with E-state index in [1.54, 1.807) is 13.0 Å². The third kappa shape index (κ3) is 2.06. The van der Waals surface area contributed by atoms with E-state index in [0.29, 0.717) is 12.5 Å². The number of rotatable bonds is 2.